The number of ether oxygens (including phenoxy) is 1. The zero-order chi connectivity index (χ0) is 35.5. The van der Waals surface area contributed by atoms with E-state index < -0.39 is 29.6 Å². The second kappa shape index (κ2) is 18.3. The third-order valence-corrected chi connectivity index (χ3v) is 10.00. The molecule has 5 rings (SSSR count). The van der Waals surface area contributed by atoms with E-state index in [9.17, 15) is 23.5 Å². The molecule has 1 atom stereocenters. The van der Waals surface area contributed by atoms with E-state index in [-0.39, 0.29) is 6.10 Å². The number of hydrogen-bond donors (Lipinski definition) is 2. The van der Waals surface area contributed by atoms with Crippen LogP contribution in [0.4, 0.5) is 8.78 Å². The van der Waals surface area contributed by atoms with Crippen LogP contribution < -0.4 is 5.32 Å². The van der Waals surface area contributed by atoms with Gasteiger partial charge >= 0.3 is 5.97 Å². The van der Waals surface area contributed by atoms with E-state index >= 15 is 0 Å². The van der Waals surface area contributed by atoms with Gasteiger partial charge in [0.05, 0.1) is 12.7 Å². The highest BCUT2D eigenvalue weighted by Crippen LogP contribution is 2.31. The molecule has 50 heavy (non-hydrogen) atoms. The first-order valence-electron chi connectivity index (χ1n) is 17.2. The topological polar surface area (TPSA) is 78.9 Å². The summed E-state index contributed by atoms with van der Waals surface area (Å²) in [5.74, 6) is -1.73. The van der Waals surface area contributed by atoms with Crippen molar-refractivity contribution in [2.45, 2.75) is 70.9 Å². The van der Waals surface area contributed by atoms with Gasteiger partial charge in [-0.25, -0.2) is 13.6 Å². The summed E-state index contributed by atoms with van der Waals surface area (Å²) in [6.45, 7) is 4.17. The standard InChI is InChI=1S/C41H46F2N2O4S/c1-28-8-6-7-11-36(28)38-22-31(14-17-37(38)40(46)44-39(41(47)48)18-19-50-2)25-45(26-32-20-33(42)23-34(43)21-32)24-29-12-15-35(16-13-29)49-27-30-9-4-3-5-10-30/h3-11,14,17,20-23,29,35,39H,12-13,15-16,18-19,24-27H2,1-2H3,(H,44,46)(H,47,48)/t29?,35?,39-/m0/s1. The molecule has 1 aliphatic rings. The van der Waals surface area contributed by atoms with Crippen LogP contribution in [-0.2, 0) is 29.2 Å². The number of carboxylic acid groups (broad SMARTS) is 1. The first kappa shape index (κ1) is 37.2. The number of benzene rings is 4. The molecule has 4 aromatic rings. The molecule has 264 valence electrons. The maximum Gasteiger partial charge on any atom is 0.326 e. The predicted molar refractivity (Wildman–Crippen MR) is 196 cm³/mol. The van der Waals surface area contributed by atoms with E-state index in [1.54, 1.807) is 6.07 Å². The molecule has 1 amide bonds. The summed E-state index contributed by atoms with van der Waals surface area (Å²) in [7, 11) is 0. The summed E-state index contributed by atoms with van der Waals surface area (Å²) in [4.78, 5) is 27.8. The number of halogens is 2. The van der Waals surface area contributed by atoms with Gasteiger partial charge in [-0.3, -0.25) is 9.69 Å². The van der Waals surface area contributed by atoms with E-state index in [1.165, 1.54) is 23.9 Å². The molecule has 1 aliphatic carbocycles. The third-order valence-electron chi connectivity index (χ3n) is 9.35. The molecule has 9 heteroatoms. The fourth-order valence-electron chi connectivity index (χ4n) is 6.75. The molecule has 0 radical (unpaired) electrons. The second-order valence-electron chi connectivity index (χ2n) is 13.2. The van der Waals surface area contributed by atoms with Crippen LogP contribution in [0.15, 0.2) is 91.0 Å². The molecule has 0 unspecified atom stereocenters. The van der Waals surface area contributed by atoms with Crippen molar-refractivity contribution in [1.29, 1.82) is 0 Å². The fraction of sp³-hybridized carbons (Fsp3) is 0.366. The van der Waals surface area contributed by atoms with Gasteiger partial charge in [0.15, 0.2) is 0 Å². The van der Waals surface area contributed by atoms with E-state index in [1.807, 2.05) is 67.8 Å². The Morgan fingerprint density at radius 2 is 1.54 bits per heavy atom. The molecule has 6 nitrogen and oxygen atoms in total. The van der Waals surface area contributed by atoms with Gasteiger partial charge in [-0.2, -0.15) is 11.8 Å². The average molecular weight is 701 g/mol. The number of carbonyl (C=O) groups excluding carboxylic acids is 1. The number of amides is 1. The van der Waals surface area contributed by atoms with Crippen molar-refractivity contribution in [3.8, 4) is 11.1 Å². The summed E-state index contributed by atoms with van der Waals surface area (Å²) < 4.78 is 34.8. The van der Waals surface area contributed by atoms with Crippen LogP contribution in [0, 0.1) is 24.5 Å². The van der Waals surface area contributed by atoms with Crippen LogP contribution in [0.25, 0.3) is 11.1 Å². The third kappa shape index (κ3) is 10.7. The van der Waals surface area contributed by atoms with Crippen molar-refractivity contribution in [2.24, 2.45) is 5.92 Å². The quantitative estimate of drug-likeness (QED) is 0.122. The van der Waals surface area contributed by atoms with Gasteiger partial charge < -0.3 is 15.2 Å². The van der Waals surface area contributed by atoms with E-state index in [0.717, 1.165) is 60.5 Å². The number of carboxylic acids is 1. The SMILES string of the molecule is CSCC[C@H](NC(=O)c1ccc(CN(Cc2cc(F)cc(F)c2)CC2CCC(OCc3ccccc3)CC2)cc1-c1ccccc1C)C(=O)O. The highest BCUT2D eigenvalue weighted by atomic mass is 32.2. The molecular weight excluding hydrogens is 655 g/mol. The number of thioether (sulfide) groups is 1. The highest BCUT2D eigenvalue weighted by molar-refractivity contribution is 7.98. The minimum Gasteiger partial charge on any atom is -0.480 e. The lowest BCUT2D eigenvalue weighted by atomic mass is 9.86. The molecule has 1 fully saturated rings. The van der Waals surface area contributed by atoms with Gasteiger partial charge in [-0.05, 0) is 115 Å². The lowest BCUT2D eigenvalue weighted by Gasteiger charge is -2.33. The first-order chi connectivity index (χ1) is 24.2. The molecule has 4 aromatic carbocycles. The summed E-state index contributed by atoms with van der Waals surface area (Å²) in [5, 5.41) is 12.5. The number of carbonyl (C=O) groups is 2. The Morgan fingerprint density at radius 3 is 2.22 bits per heavy atom. The summed E-state index contributed by atoms with van der Waals surface area (Å²) in [6.07, 6.45) is 6.30. The summed E-state index contributed by atoms with van der Waals surface area (Å²) >= 11 is 1.53. The summed E-state index contributed by atoms with van der Waals surface area (Å²) in [5.41, 5.74) is 5.62. The van der Waals surface area contributed by atoms with Crippen LogP contribution in [0.2, 0.25) is 0 Å². The number of aryl methyl sites for hydroxylation is 1. The zero-order valence-electron chi connectivity index (χ0n) is 28.7. The van der Waals surface area contributed by atoms with E-state index in [4.69, 9.17) is 4.74 Å². The Morgan fingerprint density at radius 1 is 0.860 bits per heavy atom. The van der Waals surface area contributed by atoms with Crippen LogP contribution in [0.3, 0.4) is 0 Å². The van der Waals surface area contributed by atoms with Crippen molar-refractivity contribution in [2.75, 3.05) is 18.6 Å². The molecule has 0 aromatic heterocycles. The summed E-state index contributed by atoms with van der Waals surface area (Å²) in [6, 6.07) is 26.3. The van der Waals surface area contributed by atoms with Crippen molar-refractivity contribution >= 4 is 23.6 Å². The van der Waals surface area contributed by atoms with Gasteiger partial charge in [0, 0.05) is 31.3 Å². The first-order valence-corrected chi connectivity index (χ1v) is 18.6. The molecular formula is C41H46F2N2O4S. The average Bonchev–Trinajstić information content (AvgIpc) is 3.09. The Bertz CT molecular complexity index is 1710. The Hall–Kier alpha value is -4.05. The normalized spacial score (nSPS) is 16.7. The van der Waals surface area contributed by atoms with Crippen molar-refractivity contribution in [3.05, 3.63) is 130 Å². The number of nitrogens with one attached hydrogen (secondary N) is 1. The predicted octanol–water partition coefficient (Wildman–Crippen LogP) is 8.65. The second-order valence-corrected chi connectivity index (χ2v) is 14.2. The van der Waals surface area contributed by atoms with Crippen molar-refractivity contribution < 1.29 is 28.2 Å². The highest BCUT2D eigenvalue weighted by Gasteiger charge is 2.26. The zero-order valence-corrected chi connectivity index (χ0v) is 29.6. The molecule has 0 heterocycles. The monoisotopic (exact) mass is 700 g/mol. The molecule has 0 aliphatic heterocycles. The van der Waals surface area contributed by atoms with E-state index in [2.05, 4.69) is 22.3 Å². The van der Waals surface area contributed by atoms with Crippen LogP contribution in [-0.4, -0.2) is 52.6 Å². The van der Waals surface area contributed by atoms with E-state index in [0.29, 0.717) is 54.5 Å². The largest absolute Gasteiger partial charge is 0.480 e. The number of nitrogens with zero attached hydrogens (tertiary/aromatic N) is 1. The smallest absolute Gasteiger partial charge is 0.326 e. The van der Waals surface area contributed by atoms with Gasteiger partial charge in [0.1, 0.15) is 17.7 Å². The van der Waals surface area contributed by atoms with Crippen LogP contribution in [0.5, 0.6) is 0 Å². The molecule has 1 saturated carbocycles. The van der Waals surface area contributed by atoms with Crippen molar-refractivity contribution in [3.63, 3.8) is 0 Å². The van der Waals surface area contributed by atoms with Crippen LogP contribution in [0.1, 0.15) is 64.7 Å². The molecule has 0 saturated heterocycles. The van der Waals surface area contributed by atoms with Crippen LogP contribution >= 0.6 is 11.8 Å². The van der Waals surface area contributed by atoms with Gasteiger partial charge in [-0.1, -0.05) is 60.7 Å². The lowest BCUT2D eigenvalue weighted by molar-refractivity contribution is -0.139. The Balaban J connectivity index is 1.36. The minimum atomic E-state index is -1.07. The minimum absolute atomic E-state index is 0.203. The van der Waals surface area contributed by atoms with Crippen molar-refractivity contribution in [1.82, 2.24) is 10.2 Å². The maximum absolute atomic E-state index is 14.3. The molecule has 2 N–H and O–H groups in total. The Labute approximate surface area is 298 Å². The molecule has 0 spiro atoms. The van der Waals surface area contributed by atoms with Gasteiger partial charge in [0.25, 0.3) is 5.91 Å². The van der Waals surface area contributed by atoms with Gasteiger partial charge in [0.2, 0.25) is 0 Å². The lowest BCUT2D eigenvalue weighted by Crippen LogP contribution is -2.41. The number of aliphatic carboxylic acids is 1. The number of hydrogen-bond acceptors (Lipinski definition) is 5. The molecule has 0 bridgehead atoms. The maximum atomic E-state index is 14.3. The van der Waals surface area contributed by atoms with Gasteiger partial charge in [-0.15, -0.1) is 0 Å². The Kier molecular flexibility index (Phi) is 13.6. The number of rotatable bonds is 16. The fourth-order valence-corrected chi connectivity index (χ4v) is 7.22.